The number of benzene rings is 4. The van der Waals surface area contributed by atoms with E-state index >= 15 is 0 Å². The van der Waals surface area contributed by atoms with E-state index in [1.165, 1.54) is 33.4 Å². The van der Waals surface area contributed by atoms with Gasteiger partial charge in [-0.1, -0.05) is 100 Å². The highest BCUT2D eigenvalue weighted by atomic mass is 16.5. The Morgan fingerprint density at radius 3 is 0.853 bits per heavy atom. The lowest BCUT2D eigenvalue weighted by Crippen LogP contribution is -2.19. The number of hydrogen-bond donors (Lipinski definition) is 0. The summed E-state index contributed by atoms with van der Waals surface area (Å²) in [6, 6.07) is 34.6. The van der Waals surface area contributed by atoms with Crippen molar-refractivity contribution in [2.24, 2.45) is 0 Å². The quantitative estimate of drug-likeness (QED) is 0.284. The number of methoxy groups -OCH3 is 2. The summed E-state index contributed by atoms with van der Waals surface area (Å²) < 4.78 is 10.6. The molecule has 0 saturated heterocycles. The van der Waals surface area contributed by atoms with Gasteiger partial charge in [-0.25, -0.2) is 0 Å². The van der Waals surface area contributed by atoms with Crippen LogP contribution in [0.2, 0.25) is 0 Å². The Labute approximate surface area is 204 Å². The third-order valence-corrected chi connectivity index (χ3v) is 7.17. The lowest BCUT2D eigenvalue weighted by atomic mass is 9.77. The molecule has 0 aromatic heterocycles. The van der Waals surface area contributed by atoms with Crippen LogP contribution in [0.4, 0.5) is 0 Å². The van der Waals surface area contributed by atoms with Gasteiger partial charge in [-0.3, -0.25) is 0 Å². The zero-order valence-corrected chi connectivity index (χ0v) is 21.1. The van der Waals surface area contributed by atoms with Crippen molar-refractivity contribution in [2.75, 3.05) is 14.2 Å². The Hall–Kier alpha value is -3.52. The number of hydrogen-bond acceptors (Lipinski definition) is 2. The van der Waals surface area contributed by atoms with Crippen LogP contribution in [0, 0.1) is 0 Å². The van der Waals surface area contributed by atoms with Crippen molar-refractivity contribution in [2.45, 2.75) is 38.5 Å². The Morgan fingerprint density at radius 2 is 0.618 bits per heavy atom. The molecule has 0 N–H and O–H groups in total. The molecule has 0 atom stereocenters. The maximum absolute atomic E-state index is 5.31. The second-order valence-electron chi connectivity index (χ2n) is 9.86. The van der Waals surface area contributed by atoms with Crippen LogP contribution in [0.15, 0.2) is 97.1 Å². The van der Waals surface area contributed by atoms with Gasteiger partial charge in [0, 0.05) is 10.8 Å². The summed E-state index contributed by atoms with van der Waals surface area (Å²) in [5.41, 5.74) is 7.40. The van der Waals surface area contributed by atoms with E-state index in [2.05, 4.69) is 100 Å². The summed E-state index contributed by atoms with van der Waals surface area (Å²) in [6.45, 7) is 9.06. The predicted octanol–water partition coefficient (Wildman–Crippen LogP) is 8.02. The van der Waals surface area contributed by atoms with Crippen molar-refractivity contribution >= 4 is 0 Å². The average molecular weight is 451 g/mol. The fraction of sp³-hybridized carbons (Fsp3) is 0.250. The molecule has 2 heteroatoms. The smallest absolute Gasteiger partial charge is 0.118 e. The van der Waals surface area contributed by atoms with E-state index in [0.717, 1.165) is 11.5 Å². The Morgan fingerprint density at radius 1 is 0.382 bits per heavy atom. The summed E-state index contributed by atoms with van der Waals surface area (Å²) in [7, 11) is 3.40. The molecule has 4 aromatic rings. The molecule has 0 amide bonds. The monoisotopic (exact) mass is 450 g/mol. The third kappa shape index (κ3) is 4.59. The van der Waals surface area contributed by atoms with Crippen molar-refractivity contribution in [3.63, 3.8) is 0 Å². The van der Waals surface area contributed by atoms with Gasteiger partial charge in [-0.2, -0.15) is 0 Å². The first-order valence-electron chi connectivity index (χ1n) is 11.8. The molecular weight excluding hydrogens is 416 g/mol. The van der Waals surface area contributed by atoms with Gasteiger partial charge in [0.2, 0.25) is 0 Å². The lowest BCUT2D eigenvalue weighted by molar-refractivity contribution is 0.414. The minimum Gasteiger partial charge on any atom is -0.497 e. The molecule has 0 aliphatic heterocycles. The third-order valence-electron chi connectivity index (χ3n) is 7.17. The van der Waals surface area contributed by atoms with E-state index in [-0.39, 0.29) is 10.8 Å². The van der Waals surface area contributed by atoms with Crippen LogP contribution in [0.1, 0.15) is 49.9 Å². The molecule has 174 valence electrons. The largest absolute Gasteiger partial charge is 0.497 e. The van der Waals surface area contributed by atoms with Crippen molar-refractivity contribution < 1.29 is 9.47 Å². The molecule has 0 spiro atoms. The zero-order valence-electron chi connectivity index (χ0n) is 21.1. The van der Waals surface area contributed by atoms with E-state index in [4.69, 9.17) is 9.47 Å². The van der Waals surface area contributed by atoms with Gasteiger partial charge < -0.3 is 9.47 Å². The van der Waals surface area contributed by atoms with Crippen LogP contribution in [0.3, 0.4) is 0 Å². The van der Waals surface area contributed by atoms with Gasteiger partial charge in [0.1, 0.15) is 11.5 Å². The summed E-state index contributed by atoms with van der Waals surface area (Å²) >= 11 is 0. The molecule has 0 radical (unpaired) electrons. The molecule has 0 aliphatic rings. The standard InChI is InChI=1S/C32H34O2/c1-31(2,27-15-19-29(33-5)20-16-27)25-11-7-23(8-12-25)24-9-13-26(14-10-24)32(3,4)28-17-21-30(34-6)22-18-28/h7-22H,1-6H3. The maximum Gasteiger partial charge on any atom is 0.118 e. The van der Waals surface area contributed by atoms with E-state index in [9.17, 15) is 0 Å². The fourth-order valence-corrected chi connectivity index (χ4v) is 4.51. The van der Waals surface area contributed by atoms with E-state index in [0.29, 0.717) is 0 Å². The first-order valence-corrected chi connectivity index (χ1v) is 11.8. The minimum absolute atomic E-state index is 0.0863. The van der Waals surface area contributed by atoms with Crippen molar-refractivity contribution in [1.29, 1.82) is 0 Å². The SMILES string of the molecule is COc1ccc(C(C)(C)c2ccc(-c3ccc(C(C)(C)c4ccc(OC)cc4)cc3)cc2)cc1. The molecule has 0 heterocycles. The number of ether oxygens (including phenoxy) is 2. The molecule has 0 unspecified atom stereocenters. The van der Waals surface area contributed by atoms with Gasteiger partial charge >= 0.3 is 0 Å². The average Bonchev–Trinajstić information content (AvgIpc) is 2.89. The van der Waals surface area contributed by atoms with Crippen LogP contribution in [-0.4, -0.2) is 14.2 Å². The summed E-state index contributed by atoms with van der Waals surface area (Å²) in [5, 5.41) is 0. The topological polar surface area (TPSA) is 18.5 Å². The van der Waals surface area contributed by atoms with Crippen LogP contribution in [-0.2, 0) is 10.8 Å². The molecule has 2 nitrogen and oxygen atoms in total. The van der Waals surface area contributed by atoms with Crippen LogP contribution < -0.4 is 9.47 Å². The normalized spacial score (nSPS) is 11.8. The predicted molar refractivity (Wildman–Crippen MR) is 142 cm³/mol. The molecule has 0 aliphatic carbocycles. The molecule has 0 saturated carbocycles. The van der Waals surface area contributed by atoms with Crippen molar-refractivity contribution in [3.8, 4) is 22.6 Å². The van der Waals surface area contributed by atoms with Gasteiger partial charge in [0.15, 0.2) is 0 Å². The van der Waals surface area contributed by atoms with Crippen LogP contribution >= 0.6 is 0 Å². The van der Waals surface area contributed by atoms with Gasteiger partial charge in [-0.05, 0) is 57.6 Å². The maximum atomic E-state index is 5.31. The van der Waals surface area contributed by atoms with E-state index in [1.54, 1.807) is 14.2 Å². The lowest BCUT2D eigenvalue weighted by Gasteiger charge is -2.27. The second kappa shape index (κ2) is 9.38. The summed E-state index contributed by atoms with van der Waals surface area (Å²) in [4.78, 5) is 0. The molecule has 34 heavy (non-hydrogen) atoms. The molecule has 4 rings (SSSR count). The molecule has 0 fully saturated rings. The zero-order chi connectivity index (χ0) is 24.3. The van der Waals surface area contributed by atoms with Crippen LogP contribution in [0.5, 0.6) is 11.5 Å². The van der Waals surface area contributed by atoms with Gasteiger partial charge in [0.25, 0.3) is 0 Å². The Kier molecular flexibility index (Phi) is 6.52. The highest BCUT2D eigenvalue weighted by Gasteiger charge is 2.24. The van der Waals surface area contributed by atoms with Crippen molar-refractivity contribution in [1.82, 2.24) is 0 Å². The fourth-order valence-electron chi connectivity index (χ4n) is 4.51. The Bertz CT molecular complexity index is 1110. The second-order valence-corrected chi connectivity index (χ2v) is 9.86. The van der Waals surface area contributed by atoms with Gasteiger partial charge in [-0.15, -0.1) is 0 Å². The Balaban J connectivity index is 1.54. The van der Waals surface area contributed by atoms with E-state index in [1.807, 2.05) is 24.3 Å². The van der Waals surface area contributed by atoms with E-state index < -0.39 is 0 Å². The molecular formula is C32H34O2. The number of rotatable bonds is 7. The molecule has 4 aromatic carbocycles. The van der Waals surface area contributed by atoms with Gasteiger partial charge in [0.05, 0.1) is 14.2 Å². The summed E-state index contributed by atoms with van der Waals surface area (Å²) in [5.74, 6) is 1.77. The highest BCUT2D eigenvalue weighted by molar-refractivity contribution is 5.65. The molecule has 0 bridgehead atoms. The summed E-state index contributed by atoms with van der Waals surface area (Å²) in [6.07, 6.45) is 0. The highest BCUT2D eigenvalue weighted by Crippen LogP contribution is 2.36. The first kappa shape index (κ1) is 23.6. The van der Waals surface area contributed by atoms with Crippen LogP contribution in [0.25, 0.3) is 11.1 Å². The minimum atomic E-state index is -0.0863. The first-order chi connectivity index (χ1) is 16.3. The van der Waals surface area contributed by atoms with Crippen molar-refractivity contribution in [3.05, 3.63) is 119 Å².